The molecular weight excluding hydrogens is 314 g/mol. The monoisotopic (exact) mass is 333 g/mol. The second-order valence-electron chi connectivity index (χ2n) is 6.34. The number of nitrogens with zero attached hydrogens (tertiary/aromatic N) is 2. The first-order chi connectivity index (χ1) is 12.0. The smallest absolute Gasteiger partial charge is 0.229 e. The van der Waals surface area contributed by atoms with E-state index in [0.29, 0.717) is 11.3 Å². The maximum atomic E-state index is 12.6. The van der Waals surface area contributed by atoms with Crippen molar-refractivity contribution in [3.8, 4) is 6.07 Å². The molecule has 3 rings (SSSR count). The second-order valence-corrected chi connectivity index (χ2v) is 6.34. The highest BCUT2D eigenvalue weighted by Gasteiger charge is 2.36. The van der Waals surface area contributed by atoms with Crippen molar-refractivity contribution in [2.45, 2.75) is 20.3 Å². The summed E-state index contributed by atoms with van der Waals surface area (Å²) in [7, 11) is 0. The van der Waals surface area contributed by atoms with E-state index < -0.39 is 5.92 Å². The van der Waals surface area contributed by atoms with Crippen LogP contribution >= 0.6 is 0 Å². The van der Waals surface area contributed by atoms with Crippen molar-refractivity contribution in [3.05, 3.63) is 59.2 Å². The van der Waals surface area contributed by atoms with Gasteiger partial charge in [0.05, 0.1) is 17.2 Å². The van der Waals surface area contributed by atoms with Crippen molar-refractivity contribution in [2.24, 2.45) is 5.92 Å². The number of carbonyl (C=O) groups excluding carboxylic acids is 2. The second kappa shape index (κ2) is 6.78. The van der Waals surface area contributed by atoms with Crippen LogP contribution in [-0.4, -0.2) is 18.4 Å². The highest BCUT2D eigenvalue weighted by Crippen LogP contribution is 2.28. The molecule has 25 heavy (non-hydrogen) atoms. The van der Waals surface area contributed by atoms with Gasteiger partial charge >= 0.3 is 0 Å². The topological polar surface area (TPSA) is 73.2 Å². The molecule has 0 aliphatic carbocycles. The highest BCUT2D eigenvalue weighted by molar-refractivity contribution is 6.04. The molecular formula is C20H19N3O2. The van der Waals surface area contributed by atoms with Gasteiger partial charge in [0.2, 0.25) is 11.8 Å². The molecule has 1 aliphatic rings. The van der Waals surface area contributed by atoms with Crippen LogP contribution < -0.4 is 10.2 Å². The average molecular weight is 333 g/mol. The standard InChI is InChI=1S/C20H19N3O2/c1-13-7-8-17(14(2)9-13)22-20(25)16-10-19(24)23(12-16)18-6-4-3-5-15(18)11-21/h3-9,16H,10,12H2,1-2H3,(H,22,25). The number of nitrogens with one attached hydrogen (secondary N) is 1. The fourth-order valence-corrected chi connectivity index (χ4v) is 3.11. The molecule has 1 saturated heterocycles. The van der Waals surface area contributed by atoms with E-state index in [1.165, 1.54) is 4.90 Å². The maximum Gasteiger partial charge on any atom is 0.229 e. The summed E-state index contributed by atoms with van der Waals surface area (Å²) >= 11 is 0. The third kappa shape index (κ3) is 3.38. The van der Waals surface area contributed by atoms with E-state index in [1.54, 1.807) is 24.3 Å². The van der Waals surface area contributed by atoms with Gasteiger partial charge in [0.15, 0.2) is 0 Å². The van der Waals surface area contributed by atoms with Gasteiger partial charge in [-0.15, -0.1) is 0 Å². The van der Waals surface area contributed by atoms with Crippen molar-refractivity contribution in [3.63, 3.8) is 0 Å². The summed E-state index contributed by atoms with van der Waals surface area (Å²) in [5.74, 6) is -0.735. The molecule has 5 nitrogen and oxygen atoms in total. The third-order valence-corrected chi connectivity index (χ3v) is 4.45. The third-order valence-electron chi connectivity index (χ3n) is 4.45. The van der Waals surface area contributed by atoms with Crippen molar-refractivity contribution < 1.29 is 9.59 Å². The lowest BCUT2D eigenvalue weighted by molar-refractivity contribution is -0.122. The Balaban J connectivity index is 1.76. The summed E-state index contributed by atoms with van der Waals surface area (Å²) in [5.41, 5.74) is 3.89. The molecule has 2 aromatic carbocycles. The zero-order chi connectivity index (χ0) is 18.0. The molecule has 1 N–H and O–H groups in total. The Morgan fingerprint density at radius 3 is 2.72 bits per heavy atom. The summed E-state index contributed by atoms with van der Waals surface area (Å²) in [4.78, 5) is 26.5. The minimum absolute atomic E-state index is 0.136. The minimum Gasteiger partial charge on any atom is -0.326 e. The summed E-state index contributed by atoms with van der Waals surface area (Å²) < 4.78 is 0. The Bertz CT molecular complexity index is 883. The Labute approximate surface area is 146 Å². The molecule has 1 fully saturated rings. The van der Waals surface area contributed by atoms with Crippen molar-refractivity contribution in [1.29, 1.82) is 5.26 Å². The number of hydrogen-bond donors (Lipinski definition) is 1. The first kappa shape index (κ1) is 16.7. The van der Waals surface area contributed by atoms with Gasteiger partial charge in [-0.05, 0) is 37.6 Å². The number of hydrogen-bond acceptors (Lipinski definition) is 3. The zero-order valence-electron chi connectivity index (χ0n) is 14.2. The van der Waals surface area contributed by atoms with Crippen molar-refractivity contribution in [1.82, 2.24) is 0 Å². The summed E-state index contributed by atoms with van der Waals surface area (Å²) in [6, 6.07) is 14.9. The molecule has 5 heteroatoms. The maximum absolute atomic E-state index is 12.6. The predicted octanol–water partition coefficient (Wildman–Crippen LogP) is 3.17. The average Bonchev–Trinajstić information content (AvgIpc) is 2.99. The number of anilines is 2. The predicted molar refractivity (Wildman–Crippen MR) is 96.2 cm³/mol. The van der Waals surface area contributed by atoms with Crippen molar-refractivity contribution >= 4 is 23.2 Å². The lowest BCUT2D eigenvalue weighted by Gasteiger charge is -2.18. The van der Waals surface area contributed by atoms with Crippen LogP contribution in [0.1, 0.15) is 23.1 Å². The summed E-state index contributed by atoms with van der Waals surface area (Å²) in [6.07, 6.45) is 0.149. The quantitative estimate of drug-likeness (QED) is 0.937. The van der Waals surface area contributed by atoms with E-state index in [-0.39, 0.29) is 24.8 Å². The van der Waals surface area contributed by atoms with Crippen LogP contribution in [0, 0.1) is 31.1 Å². The van der Waals surface area contributed by atoms with Gasteiger partial charge in [0.1, 0.15) is 6.07 Å². The highest BCUT2D eigenvalue weighted by atomic mass is 16.2. The van der Waals surface area contributed by atoms with Gasteiger partial charge in [-0.25, -0.2) is 0 Å². The fourth-order valence-electron chi connectivity index (χ4n) is 3.11. The lowest BCUT2D eigenvalue weighted by atomic mass is 10.1. The number of aryl methyl sites for hydroxylation is 2. The van der Waals surface area contributed by atoms with Crippen LogP contribution in [-0.2, 0) is 9.59 Å². The molecule has 1 aliphatic heterocycles. The van der Waals surface area contributed by atoms with E-state index in [9.17, 15) is 14.9 Å². The van der Waals surface area contributed by atoms with Gasteiger partial charge < -0.3 is 10.2 Å². The Morgan fingerprint density at radius 1 is 1.24 bits per heavy atom. The van der Waals surface area contributed by atoms with Crippen LogP contribution in [0.2, 0.25) is 0 Å². The van der Waals surface area contributed by atoms with Crippen LogP contribution in [0.15, 0.2) is 42.5 Å². The van der Waals surface area contributed by atoms with E-state index in [1.807, 2.05) is 32.0 Å². The molecule has 1 unspecified atom stereocenters. The number of carbonyl (C=O) groups is 2. The van der Waals surface area contributed by atoms with Crippen LogP contribution in [0.25, 0.3) is 0 Å². The Morgan fingerprint density at radius 2 is 2.00 bits per heavy atom. The molecule has 0 bridgehead atoms. The van der Waals surface area contributed by atoms with E-state index in [2.05, 4.69) is 11.4 Å². The number of nitriles is 1. The van der Waals surface area contributed by atoms with Gasteiger partial charge in [-0.3, -0.25) is 9.59 Å². The number of benzene rings is 2. The number of para-hydroxylation sites is 1. The van der Waals surface area contributed by atoms with Gasteiger partial charge in [0, 0.05) is 18.7 Å². The van der Waals surface area contributed by atoms with Gasteiger partial charge in [-0.2, -0.15) is 5.26 Å². The molecule has 0 radical (unpaired) electrons. The van der Waals surface area contributed by atoms with Crippen LogP contribution in [0.4, 0.5) is 11.4 Å². The lowest BCUT2D eigenvalue weighted by Crippen LogP contribution is -2.28. The number of amides is 2. The molecule has 2 amide bonds. The van der Waals surface area contributed by atoms with Gasteiger partial charge in [-0.1, -0.05) is 29.8 Å². The zero-order valence-corrected chi connectivity index (χ0v) is 14.2. The fraction of sp³-hybridized carbons (Fsp3) is 0.250. The summed E-state index contributed by atoms with van der Waals surface area (Å²) in [5, 5.41) is 12.1. The molecule has 0 saturated carbocycles. The SMILES string of the molecule is Cc1ccc(NC(=O)C2CC(=O)N(c3ccccc3C#N)C2)c(C)c1. The number of rotatable bonds is 3. The van der Waals surface area contributed by atoms with E-state index >= 15 is 0 Å². The Kier molecular flexibility index (Phi) is 4.53. The molecule has 126 valence electrons. The first-order valence-electron chi connectivity index (χ1n) is 8.17. The summed E-state index contributed by atoms with van der Waals surface area (Å²) in [6.45, 7) is 4.23. The van der Waals surface area contributed by atoms with Crippen LogP contribution in [0.5, 0.6) is 0 Å². The molecule has 1 heterocycles. The molecule has 1 atom stereocenters. The van der Waals surface area contributed by atoms with E-state index in [4.69, 9.17) is 0 Å². The minimum atomic E-state index is -0.431. The Hall–Kier alpha value is -3.13. The normalized spacial score (nSPS) is 16.6. The molecule has 0 aromatic heterocycles. The van der Waals surface area contributed by atoms with Crippen molar-refractivity contribution in [2.75, 3.05) is 16.8 Å². The van der Waals surface area contributed by atoms with Crippen LogP contribution in [0.3, 0.4) is 0 Å². The largest absolute Gasteiger partial charge is 0.326 e. The molecule has 0 spiro atoms. The molecule has 2 aromatic rings. The first-order valence-corrected chi connectivity index (χ1v) is 8.17. The van der Waals surface area contributed by atoms with E-state index in [0.717, 1.165) is 16.8 Å². The van der Waals surface area contributed by atoms with Gasteiger partial charge in [0.25, 0.3) is 0 Å².